The molecule has 0 spiro atoms. The molecule has 3 heterocycles. The molecule has 6 atom stereocenters. The number of hydrogen-bond donors (Lipinski definition) is 2. The molecule has 0 unspecified atom stereocenters. The van der Waals surface area contributed by atoms with Crippen molar-refractivity contribution >= 4 is 63.9 Å². The molecule has 3 fully saturated rings. The molecule has 51 heavy (non-hydrogen) atoms. The number of imide groups is 2. The summed E-state index contributed by atoms with van der Waals surface area (Å²) >= 11 is 14.4. The molecule has 3 aromatic carbocycles. The first-order valence-electron chi connectivity index (χ1n) is 16.3. The van der Waals surface area contributed by atoms with E-state index < -0.39 is 52.6 Å². The Balaban J connectivity index is 1.33. The van der Waals surface area contributed by atoms with E-state index in [0.717, 1.165) is 15.5 Å². The number of halogens is 3. The van der Waals surface area contributed by atoms with Crippen LogP contribution in [0.25, 0.3) is 0 Å². The predicted octanol–water partition coefficient (Wildman–Crippen LogP) is 7.09. The second kappa shape index (κ2) is 12.5. The molecule has 2 saturated heterocycles. The van der Waals surface area contributed by atoms with Crippen molar-refractivity contribution in [2.45, 2.75) is 30.7 Å². The molecule has 260 valence electrons. The minimum Gasteiger partial charge on any atom is -0.503 e. The first kappa shape index (κ1) is 33.4. The first-order chi connectivity index (χ1) is 24.5. The number of nitrogens with one attached hydrogen (secondary N) is 1. The maximum absolute atomic E-state index is 15.2. The van der Waals surface area contributed by atoms with Gasteiger partial charge in [-0.05, 0) is 89.9 Å². The summed E-state index contributed by atoms with van der Waals surface area (Å²) < 4.78 is 19.4. The number of carbonyl (C=O) groups excluding carboxylic acids is 4. The molecule has 4 aromatic rings. The van der Waals surface area contributed by atoms with E-state index in [1.165, 1.54) is 47.6 Å². The van der Waals surface area contributed by atoms with Gasteiger partial charge in [0.2, 0.25) is 11.8 Å². The van der Waals surface area contributed by atoms with E-state index in [4.69, 9.17) is 27.9 Å². The van der Waals surface area contributed by atoms with Crippen molar-refractivity contribution in [3.63, 3.8) is 0 Å². The monoisotopic (exact) mass is 745 g/mol. The molecule has 0 bridgehead atoms. The van der Waals surface area contributed by atoms with Gasteiger partial charge in [-0.25, -0.2) is 4.39 Å². The highest BCUT2D eigenvalue weighted by Gasteiger charge is 2.70. The maximum Gasteiger partial charge on any atom is 0.260 e. The van der Waals surface area contributed by atoms with Gasteiger partial charge in [-0.2, -0.15) is 5.01 Å². The molecule has 13 heteroatoms. The number of thiophene rings is 1. The summed E-state index contributed by atoms with van der Waals surface area (Å²) in [7, 11) is 1.38. The smallest absolute Gasteiger partial charge is 0.260 e. The highest BCUT2D eigenvalue weighted by atomic mass is 35.5. The van der Waals surface area contributed by atoms with Gasteiger partial charge in [0.15, 0.2) is 11.5 Å². The number of amides is 4. The van der Waals surface area contributed by atoms with Crippen molar-refractivity contribution in [1.82, 2.24) is 9.91 Å². The number of hydrazine groups is 1. The Bertz CT molecular complexity index is 2130. The van der Waals surface area contributed by atoms with E-state index in [1.807, 2.05) is 23.6 Å². The molecule has 2 aliphatic heterocycles. The summed E-state index contributed by atoms with van der Waals surface area (Å²) in [5.41, 5.74) is 3.33. The third-order valence-electron chi connectivity index (χ3n) is 10.8. The topological polar surface area (TPSA) is 116 Å². The lowest BCUT2D eigenvalue weighted by molar-refractivity contribution is -0.141. The van der Waals surface area contributed by atoms with Crippen LogP contribution >= 0.6 is 34.5 Å². The van der Waals surface area contributed by atoms with Crippen LogP contribution in [0.3, 0.4) is 0 Å². The van der Waals surface area contributed by atoms with Crippen LogP contribution in [0.15, 0.2) is 89.8 Å². The van der Waals surface area contributed by atoms with Gasteiger partial charge < -0.3 is 9.84 Å². The summed E-state index contributed by atoms with van der Waals surface area (Å²) in [6.45, 7) is 0.156. The minimum atomic E-state index is -1.60. The zero-order chi connectivity index (χ0) is 35.8. The average Bonchev–Trinajstić information content (AvgIpc) is 3.79. The van der Waals surface area contributed by atoms with E-state index in [9.17, 15) is 23.9 Å². The highest BCUT2D eigenvalue weighted by Crippen LogP contribution is 2.64. The largest absolute Gasteiger partial charge is 0.503 e. The number of aromatic hydroxyl groups is 1. The first-order valence-corrected chi connectivity index (χ1v) is 18.0. The fraction of sp³-hybridized carbons (Fsp3) is 0.263. The molecular weight excluding hydrogens is 716 g/mol. The normalized spacial score (nSPS) is 26.9. The minimum absolute atomic E-state index is 0.0316. The number of carbonyl (C=O) groups is 4. The van der Waals surface area contributed by atoms with E-state index in [0.29, 0.717) is 21.8 Å². The number of allylic oxidation sites excluding steroid dienone is 2. The molecular formula is C38H30Cl2FN3O6S. The molecule has 0 radical (unpaired) electrons. The van der Waals surface area contributed by atoms with Crippen LogP contribution in [0.4, 0.5) is 10.1 Å². The highest BCUT2D eigenvalue weighted by molar-refractivity contribution is 7.09. The van der Waals surface area contributed by atoms with E-state index in [-0.39, 0.29) is 47.7 Å². The fourth-order valence-electron chi connectivity index (χ4n) is 8.73. The molecule has 1 saturated carbocycles. The molecule has 9 nitrogen and oxygen atoms in total. The lowest BCUT2D eigenvalue weighted by atomic mass is 9.49. The van der Waals surface area contributed by atoms with Gasteiger partial charge in [0.05, 0.1) is 47.5 Å². The van der Waals surface area contributed by atoms with E-state index in [1.54, 1.807) is 36.4 Å². The van der Waals surface area contributed by atoms with Crippen LogP contribution in [0.5, 0.6) is 11.5 Å². The lowest BCUT2D eigenvalue weighted by Crippen LogP contribution is -2.53. The number of fused-ring (bicyclic) bond motifs is 4. The van der Waals surface area contributed by atoms with E-state index >= 15 is 4.79 Å². The Labute approximate surface area is 306 Å². The molecule has 8 rings (SSSR count). The third kappa shape index (κ3) is 5.08. The van der Waals surface area contributed by atoms with Crippen molar-refractivity contribution in [1.29, 1.82) is 0 Å². The van der Waals surface area contributed by atoms with Crippen LogP contribution in [0, 0.1) is 29.5 Å². The van der Waals surface area contributed by atoms with Crippen molar-refractivity contribution in [3.8, 4) is 11.5 Å². The standard InChI is InChI=1S/C38H30Cl2FN3O6S/c1-50-30-16-19(15-29(40)33(30)45)32-25-12-13-26-31(36(48)43(34(26)46)18-24-3-2-14-51-24)27(25)17-28-35(47)44(42-23-10-8-22(41)9-11-23)37(49)38(28,32)20-4-6-21(39)7-5-20/h2-12,14-16,26-28,31-32,42,45H,13,17-18H2,1H3/t26-,27+,28-,31-,32-,38+/m0/s1. The zero-order valence-corrected chi connectivity index (χ0v) is 29.3. The number of ether oxygens (including phenoxy) is 1. The Kier molecular flexibility index (Phi) is 8.20. The van der Waals surface area contributed by atoms with Gasteiger partial charge in [0, 0.05) is 15.8 Å². The number of phenolic OH excluding ortho intramolecular Hbond substituents is 1. The van der Waals surface area contributed by atoms with Gasteiger partial charge in [0.25, 0.3) is 11.8 Å². The molecule has 2 N–H and O–H groups in total. The van der Waals surface area contributed by atoms with Gasteiger partial charge in [0.1, 0.15) is 5.82 Å². The zero-order valence-electron chi connectivity index (χ0n) is 27.0. The average molecular weight is 747 g/mol. The number of phenols is 1. The quantitative estimate of drug-likeness (QED) is 0.153. The Morgan fingerprint density at radius 3 is 2.41 bits per heavy atom. The number of rotatable bonds is 7. The lowest BCUT2D eigenvalue weighted by Gasteiger charge is -2.50. The van der Waals surface area contributed by atoms with Crippen LogP contribution in [-0.4, -0.2) is 45.8 Å². The molecule has 1 aromatic heterocycles. The van der Waals surface area contributed by atoms with Gasteiger partial charge >= 0.3 is 0 Å². The number of nitrogens with zero attached hydrogens (tertiary/aromatic N) is 2. The van der Waals surface area contributed by atoms with Gasteiger partial charge in [-0.15, -0.1) is 11.3 Å². The van der Waals surface area contributed by atoms with Crippen LogP contribution in [0.2, 0.25) is 10.0 Å². The number of likely N-dealkylation sites (tertiary alicyclic amines) is 1. The second-order valence-corrected chi connectivity index (χ2v) is 15.1. The van der Waals surface area contributed by atoms with Crippen LogP contribution in [0.1, 0.15) is 34.8 Å². The maximum atomic E-state index is 15.2. The van der Waals surface area contributed by atoms with Crippen molar-refractivity contribution in [2.75, 3.05) is 12.5 Å². The number of anilines is 1. The number of methoxy groups -OCH3 is 1. The molecule has 2 aliphatic carbocycles. The van der Waals surface area contributed by atoms with Gasteiger partial charge in [-0.3, -0.25) is 29.5 Å². The second-order valence-electron chi connectivity index (χ2n) is 13.3. The summed E-state index contributed by atoms with van der Waals surface area (Å²) in [4.78, 5) is 60.3. The van der Waals surface area contributed by atoms with Crippen LogP contribution in [-0.2, 0) is 31.1 Å². The third-order valence-corrected chi connectivity index (χ3v) is 12.2. The number of hydrogen-bond acceptors (Lipinski definition) is 8. The predicted molar refractivity (Wildman–Crippen MR) is 189 cm³/mol. The summed E-state index contributed by atoms with van der Waals surface area (Å²) in [5, 5.41) is 14.0. The molecule has 4 aliphatic rings. The van der Waals surface area contributed by atoms with Gasteiger partial charge in [-0.1, -0.05) is 53.1 Å². The van der Waals surface area contributed by atoms with Crippen molar-refractivity contribution < 1.29 is 33.4 Å². The number of benzene rings is 3. The fourth-order valence-corrected chi connectivity index (χ4v) is 9.76. The van der Waals surface area contributed by atoms with Crippen molar-refractivity contribution in [2.24, 2.45) is 23.7 Å². The Morgan fingerprint density at radius 1 is 0.980 bits per heavy atom. The van der Waals surface area contributed by atoms with Crippen LogP contribution < -0.4 is 10.2 Å². The Hall–Kier alpha value is -4.71. The summed E-state index contributed by atoms with van der Waals surface area (Å²) in [6, 6.07) is 18.9. The SMILES string of the molecule is COc1cc([C@H]2C3=CC[C@@H]4C(=O)N(Cc5cccs5)C(=O)[C@@H]4[C@@H]3C[C@H]3C(=O)N(Nc4ccc(F)cc4)C(=O)[C@@]23c2ccc(Cl)cc2)cc(Cl)c1O. The summed E-state index contributed by atoms with van der Waals surface area (Å²) in [5.74, 6) is -6.34. The van der Waals surface area contributed by atoms with E-state index in [2.05, 4.69) is 5.43 Å². The van der Waals surface area contributed by atoms with Crippen molar-refractivity contribution in [3.05, 3.63) is 122 Å². The Morgan fingerprint density at radius 2 is 1.73 bits per heavy atom. The summed E-state index contributed by atoms with van der Waals surface area (Å²) in [6.07, 6.45) is 2.28. The molecule has 4 amide bonds.